The van der Waals surface area contributed by atoms with Crippen LogP contribution >= 0.6 is 11.8 Å². The molecule has 2 aromatic rings. The fraction of sp³-hybridized carbons (Fsp3) is 0.423. The molecule has 1 aliphatic carbocycles. The van der Waals surface area contributed by atoms with Gasteiger partial charge in [0.15, 0.2) is 9.84 Å². The van der Waals surface area contributed by atoms with Crippen molar-refractivity contribution in [3.05, 3.63) is 60.2 Å². The van der Waals surface area contributed by atoms with Crippen molar-refractivity contribution in [1.29, 1.82) is 0 Å². The van der Waals surface area contributed by atoms with Crippen LogP contribution in [0.3, 0.4) is 0 Å². The van der Waals surface area contributed by atoms with Crippen LogP contribution in [-0.2, 0) is 14.6 Å². The summed E-state index contributed by atoms with van der Waals surface area (Å²) in [5.41, 5.74) is 7.29. The number of thioether (sulfide) groups is 1. The van der Waals surface area contributed by atoms with E-state index >= 15 is 0 Å². The lowest BCUT2D eigenvalue weighted by Crippen LogP contribution is -2.51. The number of nitrogens with zero attached hydrogens (tertiary/aromatic N) is 1. The van der Waals surface area contributed by atoms with E-state index < -0.39 is 16.2 Å². The lowest BCUT2D eigenvalue weighted by Gasteiger charge is -2.43. The van der Waals surface area contributed by atoms with Gasteiger partial charge in [0.25, 0.3) is 0 Å². The van der Waals surface area contributed by atoms with Gasteiger partial charge in [-0.05, 0) is 85.4 Å². The van der Waals surface area contributed by atoms with Crippen molar-refractivity contribution in [3.63, 3.8) is 0 Å². The molecule has 2 aromatic carbocycles. The van der Waals surface area contributed by atoms with Crippen LogP contribution in [0.4, 0.5) is 13.2 Å². The second kappa shape index (κ2) is 11.1. The van der Waals surface area contributed by atoms with Gasteiger partial charge in [-0.1, -0.05) is 12.1 Å². The third-order valence-corrected chi connectivity index (χ3v) is 9.48. The first-order chi connectivity index (χ1) is 17.4. The van der Waals surface area contributed by atoms with Crippen LogP contribution in [0.15, 0.2) is 64.4 Å². The molecule has 200 valence electrons. The third kappa shape index (κ3) is 6.88. The molecular formula is C26H29F3N2O4S2. The Hall–Kier alpha value is -2.50. The maximum Gasteiger partial charge on any atom is 0.573 e. The van der Waals surface area contributed by atoms with Gasteiger partial charge in [0.2, 0.25) is 5.91 Å². The first kappa shape index (κ1) is 27.5. The molecule has 37 heavy (non-hydrogen) atoms. The van der Waals surface area contributed by atoms with E-state index in [9.17, 15) is 26.4 Å². The van der Waals surface area contributed by atoms with E-state index in [-0.39, 0.29) is 40.3 Å². The summed E-state index contributed by atoms with van der Waals surface area (Å²) in [4.78, 5) is 16.1. The molecule has 1 aliphatic heterocycles. The molecule has 0 saturated heterocycles. The van der Waals surface area contributed by atoms with E-state index in [2.05, 4.69) is 4.74 Å². The highest BCUT2D eigenvalue weighted by atomic mass is 32.2. The minimum absolute atomic E-state index is 0.110. The molecule has 1 heterocycles. The van der Waals surface area contributed by atoms with Crippen molar-refractivity contribution in [1.82, 2.24) is 4.90 Å². The first-order valence-corrected chi connectivity index (χ1v) is 14.8. The van der Waals surface area contributed by atoms with E-state index in [0.29, 0.717) is 43.4 Å². The maximum absolute atomic E-state index is 13.2. The van der Waals surface area contributed by atoms with Crippen LogP contribution < -0.4 is 10.5 Å². The molecule has 2 N–H and O–H groups in total. The monoisotopic (exact) mass is 554 g/mol. The average molecular weight is 555 g/mol. The zero-order chi connectivity index (χ0) is 26.8. The fourth-order valence-corrected chi connectivity index (χ4v) is 7.21. The highest BCUT2D eigenvalue weighted by Crippen LogP contribution is 2.35. The molecule has 1 amide bonds. The summed E-state index contributed by atoms with van der Waals surface area (Å²) in [6.07, 6.45) is 0.735. The van der Waals surface area contributed by atoms with Gasteiger partial charge in [0.1, 0.15) is 5.75 Å². The van der Waals surface area contributed by atoms with Crippen molar-refractivity contribution in [2.75, 3.05) is 18.6 Å². The lowest BCUT2D eigenvalue weighted by atomic mass is 9.81. The molecule has 0 radical (unpaired) electrons. The number of carbonyl (C=O) groups excluding carboxylic acids is 1. The number of carbonyl (C=O) groups is 1. The van der Waals surface area contributed by atoms with Crippen LogP contribution in [0, 0.1) is 5.92 Å². The van der Waals surface area contributed by atoms with Gasteiger partial charge >= 0.3 is 6.36 Å². The Bertz CT molecular complexity index is 1260. The maximum atomic E-state index is 13.2. The molecule has 0 aromatic heterocycles. The summed E-state index contributed by atoms with van der Waals surface area (Å²) in [7, 11) is -3.59. The van der Waals surface area contributed by atoms with Crippen molar-refractivity contribution in [2.24, 2.45) is 11.7 Å². The van der Waals surface area contributed by atoms with Gasteiger partial charge in [-0.15, -0.1) is 24.9 Å². The molecule has 3 atom stereocenters. The average Bonchev–Trinajstić information content (AvgIpc) is 2.83. The third-order valence-electron chi connectivity index (χ3n) is 6.88. The lowest BCUT2D eigenvalue weighted by molar-refractivity contribution is -0.274. The molecule has 2 aliphatic rings. The van der Waals surface area contributed by atoms with Crippen LogP contribution in [-0.4, -0.2) is 56.2 Å². The number of hydrogen-bond donors (Lipinski definition) is 1. The van der Waals surface area contributed by atoms with Gasteiger partial charge in [0.05, 0.1) is 10.6 Å². The summed E-state index contributed by atoms with van der Waals surface area (Å²) < 4.78 is 68.3. The van der Waals surface area contributed by atoms with Crippen LogP contribution in [0.25, 0.3) is 5.57 Å². The number of hydrogen-bond acceptors (Lipinski definition) is 6. The Morgan fingerprint density at radius 2 is 1.86 bits per heavy atom. The van der Waals surface area contributed by atoms with Crippen molar-refractivity contribution < 1.29 is 31.1 Å². The predicted molar refractivity (Wildman–Crippen MR) is 137 cm³/mol. The Morgan fingerprint density at radius 1 is 1.14 bits per heavy atom. The van der Waals surface area contributed by atoms with E-state index in [1.807, 2.05) is 6.26 Å². The van der Waals surface area contributed by atoms with Crippen molar-refractivity contribution in [2.45, 2.75) is 53.9 Å². The molecular weight excluding hydrogens is 525 g/mol. The number of amides is 1. The SMILES string of the molecule is CSc1ccc(S(=O)(=O)CC2CC(N)CCC2N2CCC(c3cccc(OC(F)(F)F)c3)=CC2=O)cc1. The number of nitrogens with two attached hydrogens (primary N) is 1. The zero-order valence-electron chi connectivity index (χ0n) is 20.3. The molecule has 1 saturated carbocycles. The van der Waals surface area contributed by atoms with Crippen LogP contribution in [0.5, 0.6) is 5.75 Å². The summed E-state index contributed by atoms with van der Waals surface area (Å²) >= 11 is 1.53. The van der Waals surface area contributed by atoms with E-state index in [4.69, 9.17) is 5.73 Å². The number of halogens is 3. The number of ether oxygens (including phenoxy) is 1. The largest absolute Gasteiger partial charge is 0.573 e. The van der Waals surface area contributed by atoms with Crippen LogP contribution in [0.2, 0.25) is 0 Å². The van der Waals surface area contributed by atoms with E-state index in [0.717, 1.165) is 4.90 Å². The summed E-state index contributed by atoms with van der Waals surface area (Å²) in [6.45, 7) is 0.341. The Balaban J connectivity index is 1.52. The second-order valence-corrected chi connectivity index (χ2v) is 12.3. The first-order valence-electron chi connectivity index (χ1n) is 11.9. The Labute approximate surface area is 219 Å². The van der Waals surface area contributed by atoms with Gasteiger partial charge < -0.3 is 15.4 Å². The minimum atomic E-state index is -4.81. The van der Waals surface area contributed by atoms with E-state index in [1.165, 1.54) is 36.0 Å². The standard InChI is InChI=1S/C26H29F3N2O4S2/c1-36-22-6-8-23(9-7-22)37(33,34)16-19-13-20(30)5-10-24(19)31-12-11-18(15-25(31)32)17-3-2-4-21(14-17)35-26(27,28)29/h2-4,6-9,14-15,19-20,24H,5,10-13,16,30H2,1H3. The minimum Gasteiger partial charge on any atom is -0.406 e. The molecule has 0 bridgehead atoms. The van der Waals surface area contributed by atoms with Gasteiger partial charge in [0, 0.05) is 29.6 Å². The fourth-order valence-electron chi connectivity index (χ4n) is 5.14. The molecule has 11 heteroatoms. The Kier molecular flexibility index (Phi) is 8.25. The van der Waals surface area contributed by atoms with Gasteiger partial charge in [-0.3, -0.25) is 4.79 Å². The number of rotatable bonds is 7. The molecule has 3 unspecified atom stereocenters. The highest BCUT2D eigenvalue weighted by Gasteiger charge is 2.39. The quantitative estimate of drug-likeness (QED) is 0.490. The molecule has 6 nitrogen and oxygen atoms in total. The summed E-state index contributed by atoms with van der Waals surface area (Å²) in [6, 6.07) is 11.9. The predicted octanol–water partition coefficient (Wildman–Crippen LogP) is 4.89. The van der Waals surface area contributed by atoms with Crippen molar-refractivity contribution in [3.8, 4) is 5.75 Å². The summed E-state index contributed by atoms with van der Waals surface area (Å²) in [5.74, 6) is -1.06. The Morgan fingerprint density at radius 3 is 2.51 bits per heavy atom. The number of sulfone groups is 1. The molecule has 0 spiro atoms. The molecule has 4 rings (SSSR count). The smallest absolute Gasteiger partial charge is 0.406 e. The normalized spacial score (nSPS) is 23.1. The highest BCUT2D eigenvalue weighted by molar-refractivity contribution is 7.98. The van der Waals surface area contributed by atoms with E-state index in [1.54, 1.807) is 35.2 Å². The number of alkyl halides is 3. The zero-order valence-corrected chi connectivity index (χ0v) is 21.9. The molecule has 1 fully saturated rings. The van der Waals surface area contributed by atoms with Gasteiger partial charge in [-0.25, -0.2) is 8.42 Å². The van der Waals surface area contributed by atoms with Gasteiger partial charge in [-0.2, -0.15) is 0 Å². The van der Waals surface area contributed by atoms with Crippen LogP contribution in [0.1, 0.15) is 31.2 Å². The summed E-state index contributed by atoms with van der Waals surface area (Å²) in [5, 5.41) is 0. The number of benzene rings is 2. The second-order valence-electron chi connectivity index (χ2n) is 9.38. The topological polar surface area (TPSA) is 89.7 Å². The van der Waals surface area contributed by atoms with Crippen molar-refractivity contribution >= 4 is 33.1 Å².